The van der Waals surface area contributed by atoms with Crippen LogP contribution < -0.4 is 27.7 Å². The van der Waals surface area contributed by atoms with Crippen molar-refractivity contribution < 1.29 is 33.8 Å². The van der Waals surface area contributed by atoms with Crippen LogP contribution in [0, 0.1) is 28.6 Å². The molecule has 0 saturated heterocycles. The fraction of sp³-hybridized carbons (Fsp3) is 0.400. The molecule has 0 bridgehead atoms. The van der Waals surface area contributed by atoms with Crippen molar-refractivity contribution in [2.75, 3.05) is 21.2 Å². The van der Waals surface area contributed by atoms with Gasteiger partial charge in [0, 0.05) is 17.6 Å². The van der Waals surface area contributed by atoms with E-state index >= 15 is 0 Å². The number of carbonyl (C=O) groups excluding carboxylic acids is 5. The van der Waals surface area contributed by atoms with Crippen LogP contribution in [0.3, 0.4) is 0 Å². The van der Waals surface area contributed by atoms with Crippen molar-refractivity contribution in [3.8, 4) is 28.7 Å². The van der Waals surface area contributed by atoms with Gasteiger partial charge in [0.05, 0.1) is 30.3 Å². The van der Waals surface area contributed by atoms with Crippen LogP contribution in [0.2, 0.25) is 0 Å². The maximum atomic E-state index is 14.4. The van der Waals surface area contributed by atoms with Gasteiger partial charge in [-0.1, -0.05) is 12.1 Å². The molecule has 3 aliphatic rings. The number of Topliss-reactive ketones (excluding diaryl/α,β-unsaturated/α-hetero) is 4. The summed E-state index contributed by atoms with van der Waals surface area (Å²) in [7, 11) is 4.40. The molecule has 0 aromatic heterocycles. The van der Waals surface area contributed by atoms with Gasteiger partial charge in [-0.05, 0) is 61.8 Å². The number of carbonyl (C=O) groups is 5. The fourth-order valence-corrected chi connectivity index (χ4v) is 7.58. The molecule has 0 heterocycles. The van der Waals surface area contributed by atoms with E-state index in [1.807, 2.05) is 0 Å². The highest BCUT2D eigenvalue weighted by molar-refractivity contribution is 6.33. The van der Waals surface area contributed by atoms with Gasteiger partial charge in [0.25, 0.3) is 0 Å². The Morgan fingerprint density at radius 3 is 2.37 bits per heavy atom. The second kappa shape index (κ2) is 9.78. The van der Waals surface area contributed by atoms with Gasteiger partial charge in [-0.3, -0.25) is 28.9 Å². The molecule has 3 aliphatic carbocycles. The van der Waals surface area contributed by atoms with Crippen molar-refractivity contribution in [1.82, 2.24) is 4.90 Å². The van der Waals surface area contributed by atoms with Gasteiger partial charge >= 0.3 is 0 Å². The predicted molar refractivity (Wildman–Crippen MR) is 151 cm³/mol. The van der Waals surface area contributed by atoms with Gasteiger partial charge in [0.15, 0.2) is 34.5 Å². The Balaban J connectivity index is 1.76. The maximum Gasteiger partial charge on any atom is 0.235 e. The Morgan fingerprint density at radius 2 is 1.81 bits per heavy atom. The highest BCUT2D eigenvalue weighted by atomic mass is 16.5. The van der Waals surface area contributed by atoms with Crippen LogP contribution in [0.5, 0.6) is 11.5 Å². The quantitative estimate of drug-likeness (QED) is 0.262. The predicted octanol–water partition coefficient (Wildman–Crippen LogP) is -1.06. The average molecular weight is 589 g/mol. The number of aromatic hydroxyl groups is 1. The molecule has 2 saturated carbocycles. The first-order valence-electron chi connectivity index (χ1n) is 13.5. The van der Waals surface area contributed by atoms with Gasteiger partial charge in [0.1, 0.15) is 17.4 Å². The van der Waals surface area contributed by atoms with Crippen molar-refractivity contribution in [3.63, 3.8) is 0 Å². The second-order valence-electron chi connectivity index (χ2n) is 11.8. The lowest BCUT2D eigenvalue weighted by Gasteiger charge is -2.60. The Hall–Kier alpha value is -4.48. The zero-order valence-corrected chi connectivity index (χ0v) is 23.8. The molecular formula is C30H32N6O7. The fourth-order valence-electron chi connectivity index (χ4n) is 7.58. The van der Waals surface area contributed by atoms with Crippen LogP contribution in [0.4, 0.5) is 0 Å². The number of hydrogen-bond acceptors (Lipinski definition) is 12. The Bertz CT molecular complexity index is 1680. The molecule has 2 aromatic carbocycles. The van der Waals surface area contributed by atoms with Crippen LogP contribution >= 0.6 is 0 Å². The SMILES string of the molecule is COc1ccc(-c2ccc(O)c3c2C[C@@]2(N)C[C@@]4(N)[C@H](N(C)C)C(=O)C(C(N)=O)C(=O)[C@@]4(C#N)C(=O)C2C3=O)cc1CN. The number of nitrogens with zero attached hydrogens (tertiary/aromatic N) is 2. The van der Waals surface area contributed by atoms with Crippen LogP contribution in [0.1, 0.15) is 27.9 Å². The van der Waals surface area contributed by atoms with Gasteiger partial charge in [0.2, 0.25) is 5.91 Å². The van der Waals surface area contributed by atoms with Crippen LogP contribution in [0.15, 0.2) is 30.3 Å². The standard InChI is InChI=1S/C30H32N6O7/c1-36(2)24-23(39)20(27(33)42)25(40)29(12-32)26(41)21-22(38)19-16(9-28(21,34)11-30(24,29)35)15(5-6-17(19)37)13-4-7-18(43-3)14(8-13)10-31/h4-8,20-21,24,37H,9-11,31,34-35H2,1-3H3,(H2,33,42)/t20?,21?,24-,28-,29+,30-/m1/s1. The highest BCUT2D eigenvalue weighted by Gasteiger charge is 2.78. The zero-order valence-electron chi connectivity index (χ0n) is 23.8. The molecule has 13 nitrogen and oxygen atoms in total. The van der Waals surface area contributed by atoms with Gasteiger partial charge in [-0.2, -0.15) is 5.26 Å². The molecule has 9 N–H and O–H groups in total. The molecule has 1 amide bonds. The highest BCUT2D eigenvalue weighted by Crippen LogP contribution is 2.57. The number of phenols is 1. The van der Waals surface area contributed by atoms with Crippen molar-refractivity contribution in [2.24, 2.45) is 40.2 Å². The molecule has 2 fully saturated rings. The molecule has 0 aliphatic heterocycles. The maximum absolute atomic E-state index is 14.4. The number of likely N-dealkylation sites (N-methyl/N-ethyl adjacent to an activating group) is 1. The summed E-state index contributed by atoms with van der Waals surface area (Å²) in [6, 6.07) is 8.34. The van der Waals surface area contributed by atoms with Crippen molar-refractivity contribution in [3.05, 3.63) is 47.0 Å². The average Bonchev–Trinajstić information content (AvgIpc) is 2.91. The smallest absolute Gasteiger partial charge is 0.235 e. The minimum atomic E-state index is -2.80. The van der Waals surface area contributed by atoms with Crippen molar-refractivity contribution in [2.45, 2.75) is 36.5 Å². The molecular weight excluding hydrogens is 556 g/mol. The molecule has 43 heavy (non-hydrogen) atoms. The summed E-state index contributed by atoms with van der Waals surface area (Å²) < 4.78 is 5.37. The number of amides is 1. The number of rotatable bonds is 5. The first kappa shape index (κ1) is 30.0. The number of ketones is 4. The zero-order chi connectivity index (χ0) is 31.8. The number of nitriles is 1. The molecule has 224 valence electrons. The van der Waals surface area contributed by atoms with E-state index in [0.717, 1.165) is 0 Å². The summed E-state index contributed by atoms with van der Waals surface area (Å²) in [4.78, 5) is 69.6. The summed E-state index contributed by atoms with van der Waals surface area (Å²) in [5, 5.41) is 21.4. The van der Waals surface area contributed by atoms with Crippen molar-refractivity contribution >= 4 is 29.0 Å². The third-order valence-electron chi connectivity index (χ3n) is 9.29. The summed E-state index contributed by atoms with van der Waals surface area (Å²) in [6.07, 6.45) is -0.673. The molecule has 0 spiro atoms. The van der Waals surface area contributed by atoms with E-state index in [-0.39, 0.29) is 18.5 Å². The first-order chi connectivity index (χ1) is 20.1. The van der Waals surface area contributed by atoms with Crippen molar-refractivity contribution in [1.29, 1.82) is 5.26 Å². The number of hydrogen-bond donors (Lipinski definition) is 5. The van der Waals surface area contributed by atoms with Gasteiger partial charge in [-0.15, -0.1) is 0 Å². The summed E-state index contributed by atoms with van der Waals surface area (Å²) in [6.45, 7) is 0.153. The number of methoxy groups -OCH3 is 1. The normalized spacial score (nSPS) is 31.6. The topological polar surface area (TPSA) is 246 Å². The number of ether oxygens (including phenoxy) is 1. The van der Waals surface area contributed by atoms with Gasteiger partial charge < -0.3 is 32.8 Å². The number of nitrogens with two attached hydrogens (primary N) is 4. The third-order valence-corrected chi connectivity index (χ3v) is 9.29. The van der Waals surface area contributed by atoms with E-state index in [9.17, 15) is 34.3 Å². The first-order valence-corrected chi connectivity index (χ1v) is 13.5. The molecule has 2 unspecified atom stereocenters. The van der Waals surface area contributed by atoms with Crippen LogP contribution in [0.25, 0.3) is 11.1 Å². The van der Waals surface area contributed by atoms with E-state index in [0.29, 0.717) is 28.0 Å². The van der Waals surface area contributed by atoms with E-state index in [4.69, 9.17) is 27.7 Å². The largest absolute Gasteiger partial charge is 0.507 e. The summed E-state index contributed by atoms with van der Waals surface area (Å²) in [5.74, 6) is -9.59. The monoisotopic (exact) mass is 588 g/mol. The molecule has 0 radical (unpaired) electrons. The number of phenolic OH excluding ortho intramolecular Hbond substituents is 1. The number of primary amides is 1. The number of fused-ring (bicyclic) bond motifs is 3. The Kier molecular flexibility index (Phi) is 6.82. The van der Waals surface area contributed by atoms with E-state index in [1.165, 1.54) is 32.2 Å². The minimum Gasteiger partial charge on any atom is -0.507 e. The van der Waals surface area contributed by atoms with Gasteiger partial charge in [-0.25, -0.2) is 0 Å². The van der Waals surface area contributed by atoms with E-state index < -0.39 is 75.6 Å². The lowest BCUT2D eigenvalue weighted by atomic mass is 9.42. The lowest BCUT2D eigenvalue weighted by molar-refractivity contribution is -0.166. The molecule has 2 aromatic rings. The number of benzene rings is 2. The molecule has 13 heteroatoms. The van der Waals surface area contributed by atoms with Crippen LogP contribution in [-0.2, 0) is 32.1 Å². The molecule has 6 atom stereocenters. The Labute approximate surface area is 246 Å². The van der Waals surface area contributed by atoms with E-state index in [2.05, 4.69) is 0 Å². The van der Waals surface area contributed by atoms with Crippen LogP contribution in [-0.4, -0.2) is 77.4 Å². The summed E-state index contributed by atoms with van der Waals surface area (Å²) >= 11 is 0. The summed E-state index contributed by atoms with van der Waals surface area (Å²) in [5.41, 5.74) is 20.3. The van der Waals surface area contributed by atoms with E-state index in [1.54, 1.807) is 30.3 Å². The Morgan fingerprint density at radius 1 is 1.14 bits per heavy atom. The minimum absolute atomic E-state index is 0.153. The third kappa shape index (κ3) is 3.74. The lowest BCUT2D eigenvalue weighted by Crippen LogP contribution is -2.85. The second-order valence-corrected chi connectivity index (χ2v) is 11.8. The molecule has 5 rings (SSSR count).